The monoisotopic (exact) mass is 279 g/mol. The number of sulfonamides is 1. The summed E-state index contributed by atoms with van der Waals surface area (Å²) in [5.41, 5.74) is 0. The molecule has 0 aromatic rings. The first-order chi connectivity index (χ1) is 8.37. The first-order valence-electron chi connectivity index (χ1n) is 6.35. The van der Waals surface area contributed by atoms with Crippen molar-refractivity contribution < 1.29 is 13.5 Å². The number of aliphatic hydroxyl groups excluding tert-OH is 1. The van der Waals surface area contributed by atoms with Gasteiger partial charge in [0.1, 0.15) is 0 Å². The average molecular weight is 279 g/mol. The van der Waals surface area contributed by atoms with Crippen LogP contribution in [-0.4, -0.2) is 92.9 Å². The minimum atomic E-state index is -3.32. The van der Waals surface area contributed by atoms with Crippen molar-refractivity contribution in [2.24, 2.45) is 0 Å². The summed E-state index contributed by atoms with van der Waals surface area (Å²) in [5, 5.41) is 8.27. The highest BCUT2D eigenvalue weighted by Gasteiger charge is 2.30. The molecule has 0 aromatic carbocycles. The molecule has 1 aliphatic heterocycles. The van der Waals surface area contributed by atoms with E-state index in [0.29, 0.717) is 13.1 Å². The van der Waals surface area contributed by atoms with Gasteiger partial charge in [-0.3, -0.25) is 4.90 Å². The Labute approximate surface area is 110 Å². The lowest BCUT2D eigenvalue weighted by Gasteiger charge is -2.35. The van der Waals surface area contributed by atoms with Crippen LogP contribution in [-0.2, 0) is 10.0 Å². The molecule has 1 atom stereocenters. The van der Waals surface area contributed by atoms with Crippen molar-refractivity contribution in [1.82, 2.24) is 14.1 Å². The van der Waals surface area contributed by atoms with E-state index in [1.807, 2.05) is 14.1 Å². The summed E-state index contributed by atoms with van der Waals surface area (Å²) >= 11 is 0. The second-order valence-electron chi connectivity index (χ2n) is 5.08. The highest BCUT2D eigenvalue weighted by atomic mass is 32.2. The minimum absolute atomic E-state index is 0.316. The number of piperazine rings is 1. The van der Waals surface area contributed by atoms with Crippen LogP contribution in [0, 0.1) is 0 Å². The molecule has 0 bridgehead atoms. The van der Waals surface area contributed by atoms with Crippen LogP contribution in [0.4, 0.5) is 0 Å². The molecule has 108 valence electrons. The Morgan fingerprint density at radius 3 is 2.22 bits per heavy atom. The maximum atomic E-state index is 12.0. The minimum Gasteiger partial charge on any atom is -0.395 e. The molecule has 7 heteroatoms. The van der Waals surface area contributed by atoms with Gasteiger partial charge in [0.25, 0.3) is 0 Å². The van der Waals surface area contributed by atoms with Crippen molar-refractivity contribution in [3.63, 3.8) is 0 Å². The highest BCUT2D eigenvalue weighted by Crippen LogP contribution is 2.12. The van der Waals surface area contributed by atoms with Gasteiger partial charge in [0.15, 0.2) is 0 Å². The number of hydrogen-bond donors (Lipinski definition) is 1. The van der Waals surface area contributed by atoms with Crippen molar-refractivity contribution in [2.45, 2.75) is 12.2 Å². The molecule has 1 N–H and O–H groups in total. The highest BCUT2D eigenvalue weighted by molar-refractivity contribution is 7.89. The van der Waals surface area contributed by atoms with Crippen molar-refractivity contribution >= 4 is 10.0 Å². The maximum Gasteiger partial charge on any atom is 0.219 e. The third-order valence-electron chi connectivity index (χ3n) is 3.32. The molecule has 1 heterocycles. The fourth-order valence-corrected chi connectivity index (χ4v) is 3.27. The summed E-state index contributed by atoms with van der Waals surface area (Å²) in [4.78, 5) is 4.40. The summed E-state index contributed by atoms with van der Waals surface area (Å²) in [6.07, 6.45) is 0. The van der Waals surface area contributed by atoms with Crippen LogP contribution in [0.2, 0.25) is 0 Å². The summed E-state index contributed by atoms with van der Waals surface area (Å²) in [6.45, 7) is 5.78. The zero-order valence-corrected chi connectivity index (χ0v) is 12.4. The molecule has 1 fully saturated rings. The molecule has 18 heavy (non-hydrogen) atoms. The fourth-order valence-electron chi connectivity index (χ4n) is 1.90. The first kappa shape index (κ1) is 15.8. The maximum absolute atomic E-state index is 12.0. The Bertz CT molecular complexity index is 337. The van der Waals surface area contributed by atoms with Gasteiger partial charge in [-0.25, -0.2) is 8.42 Å². The third kappa shape index (κ3) is 4.17. The van der Waals surface area contributed by atoms with Crippen molar-refractivity contribution in [1.29, 1.82) is 0 Å². The van der Waals surface area contributed by atoms with Crippen molar-refractivity contribution in [3.8, 4) is 0 Å². The normalized spacial score (nSPS) is 21.4. The fraction of sp³-hybridized carbons (Fsp3) is 1.00. The number of hydrogen-bond acceptors (Lipinski definition) is 5. The van der Waals surface area contributed by atoms with E-state index in [-0.39, 0.29) is 6.61 Å². The lowest BCUT2D eigenvalue weighted by molar-refractivity contribution is 0.172. The zero-order chi connectivity index (χ0) is 13.8. The summed E-state index contributed by atoms with van der Waals surface area (Å²) in [5.74, 6) is 0. The molecule has 1 unspecified atom stereocenters. The summed E-state index contributed by atoms with van der Waals surface area (Å²) in [7, 11) is 0.742. The number of nitrogens with zero attached hydrogens (tertiary/aromatic N) is 3. The van der Waals surface area contributed by atoms with Crippen LogP contribution in [0.25, 0.3) is 0 Å². The number of rotatable bonds is 6. The van der Waals surface area contributed by atoms with Gasteiger partial charge in [0, 0.05) is 39.3 Å². The average Bonchev–Trinajstić information content (AvgIpc) is 2.35. The second kappa shape index (κ2) is 6.81. The van der Waals surface area contributed by atoms with E-state index in [1.54, 1.807) is 6.92 Å². The van der Waals surface area contributed by atoms with Gasteiger partial charge in [0.2, 0.25) is 10.0 Å². The molecule has 0 spiro atoms. The molecule has 0 radical (unpaired) electrons. The molecular weight excluding hydrogens is 254 g/mol. The van der Waals surface area contributed by atoms with Crippen LogP contribution in [0.15, 0.2) is 0 Å². The van der Waals surface area contributed by atoms with Gasteiger partial charge in [-0.15, -0.1) is 0 Å². The Kier molecular flexibility index (Phi) is 6.00. The van der Waals surface area contributed by atoms with Gasteiger partial charge in [0.05, 0.1) is 11.9 Å². The Morgan fingerprint density at radius 2 is 1.78 bits per heavy atom. The lowest BCUT2D eigenvalue weighted by atomic mass is 10.3. The molecule has 1 saturated heterocycles. The predicted molar refractivity (Wildman–Crippen MR) is 72.0 cm³/mol. The van der Waals surface area contributed by atoms with Gasteiger partial charge in [-0.2, -0.15) is 4.31 Å². The van der Waals surface area contributed by atoms with Gasteiger partial charge in [-0.1, -0.05) is 0 Å². The molecule has 0 saturated carbocycles. The molecule has 1 rings (SSSR count). The molecule has 6 nitrogen and oxygen atoms in total. The largest absolute Gasteiger partial charge is 0.395 e. The molecule has 1 aliphatic rings. The zero-order valence-electron chi connectivity index (χ0n) is 11.5. The third-order valence-corrected chi connectivity index (χ3v) is 5.57. The molecular formula is C11H25N3O3S. The predicted octanol–water partition coefficient (Wildman–Crippen LogP) is -1.12. The second-order valence-corrected chi connectivity index (χ2v) is 7.43. The van der Waals surface area contributed by atoms with Crippen molar-refractivity contribution in [3.05, 3.63) is 0 Å². The van der Waals surface area contributed by atoms with Gasteiger partial charge in [-0.05, 0) is 21.0 Å². The van der Waals surface area contributed by atoms with Gasteiger partial charge >= 0.3 is 0 Å². The lowest BCUT2D eigenvalue weighted by Crippen LogP contribution is -2.52. The van der Waals surface area contributed by atoms with E-state index >= 15 is 0 Å². The Balaban J connectivity index is 2.44. The van der Waals surface area contributed by atoms with E-state index in [4.69, 9.17) is 5.11 Å². The number of aliphatic hydroxyl groups is 1. The van der Waals surface area contributed by atoms with Crippen LogP contribution in [0.1, 0.15) is 6.92 Å². The van der Waals surface area contributed by atoms with E-state index in [0.717, 1.165) is 26.2 Å². The Hall–Kier alpha value is -0.210. The topological polar surface area (TPSA) is 64.1 Å². The van der Waals surface area contributed by atoms with E-state index in [1.165, 1.54) is 4.31 Å². The molecule has 0 amide bonds. The molecule has 0 aliphatic carbocycles. The molecule has 0 aromatic heterocycles. The van der Waals surface area contributed by atoms with Crippen LogP contribution in [0.3, 0.4) is 0 Å². The van der Waals surface area contributed by atoms with E-state index in [2.05, 4.69) is 9.80 Å². The van der Waals surface area contributed by atoms with Crippen LogP contribution >= 0.6 is 0 Å². The Morgan fingerprint density at radius 1 is 1.22 bits per heavy atom. The number of likely N-dealkylation sites (N-methyl/N-ethyl adjacent to an activating group) is 1. The van der Waals surface area contributed by atoms with Crippen LogP contribution < -0.4 is 0 Å². The van der Waals surface area contributed by atoms with E-state index in [9.17, 15) is 8.42 Å². The first-order valence-corrected chi connectivity index (χ1v) is 7.85. The summed E-state index contributed by atoms with van der Waals surface area (Å²) < 4.78 is 25.6. The standard InChI is InChI=1S/C11H25N3O3S/c1-11(10-15)18(16,17)14-8-6-13(7-9-14)5-4-12(2)3/h11,15H,4-10H2,1-3H3. The quantitative estimate of drug-likeness (QED) is 0.667. The SMILES string of the molecule is CC(CO)S(=O)(=O)N1CCN(CCN(C)C)CC1. The van der Waals surface area contributed by atoms with Crippen molar-refractivity contribution in [2.75, 3.05) is 60.0 Å². The van der Waals surface area contributed by atoms with E-state index < -0.39 is 15.3 Å². The van der Waals surface area contributed by atoms with Crippen LogP contribution in [0.5, 0.6) is 0 Å². The van der Waals surface area contributed by atoms with Gasteiger partial charge < -0.3 is 10.0 Å². The summed E-state index contributed by atoms with van der Waals surface area (Å²) in [6, 6.07) is 0. The smallest absolute Gasteiger partial charge is 0.219 e.